The summed E-state index contributed by atoms with van der Waals surface area (Å²) in [4.78, 5) is 12.7. The second-order valence-corrected chi connectivity index (χ2v) is 6.89. The van der Waals surface area contributed by atoms with Crippen LogP contribution in [0, 0.1) is 5.92 Å². The van der Waals surface area contributed by atoms with Crippen LogP contribution < -0.4 is 15.4 Å². The Hall–Kier alpha value is -2.33. The lowest BCUT2D eigenvalue weighted by Gasteiger charge is -2.24. The second-order valence-electron chi connectivity index (χ2n) is 6.89. The molecule has 138 valence electrons. The molecule has 4 heteroatoms. The van der Waals surface area contributed by atoms with Crippen LogP contribution in [-0.2, 0) is 4.79 Å². The van der Waals surface area contributed by atoms with E-state index in [9.17, 15) is 4.79 Å². The van der Waals surface area contributed by atoms with E-state index in [-0.39, 0.29) is 11.9 Å². The number of methoxy groups -OCH3 is 1. The predicted molar refractivity (Wildman–Crippen MR) is 104 cm³/mol. The summed E-state index contributed by atoms with van der Waals surface area (Å²) in [6.45, 7) is 2.14. The maximum Gasteiger partial charge on any atom is 0.220 e. The number of hydrogen-bond acceptors (Lipinski definition) is 3. The van der Waals surface area contributed by atoms with Gasteiger partial charge >= 0.3 is 0 Å². The zero-order chi connectivity index (χ0) is 18.2. The summed E-state index contributed by atoms with van der Waals surface area (Å²) in [7, 11) is 1.67. The lowest BCUT2D eigenvalue weighted by molar-refractivity contribution is -0.121. The van der Waals surface area contributed by atoms with E-state index in [1.54, 1.807) is 7.11 Å². The highest BCUT2D eigenvalue weighted by molar-refractivity contribution is 5.77. The molecule has 0 saturated carbocycles. The Bertz CT molecular complexity index is 696. The Morgan fingerprint density at radius 1 is 1.12 bits per heavy atom. The van der Waals surface area contributed by atoms with Gasteiger partial charge in [-0.3, -0.25) is 4.79 Å². The largest absolute Gasteiger partial charge is 0.496 e. The number of amides is 1. The maximum atomic E-state index is 12.7. The number of benzene rings is 2. The number of carbonyl (C=O) groups is 1. The van der Waals surface area contributed by atoms with Crippen LogP contribution in [0.4, 0.5) is 0 Å². The number of ether oxygens (including phenoxy) is 1. The molecule has 1 atom stereocenters. The first-order valence-electron chi connectivity index (χ1n) is 9.46. The number of carbonyl (C=O) groups excluding carboxylic acids is 1. The Balaban J connectivity index is 1.72. The van der Waals surface area contributed by atoms with E-state index in [2.05, 4.69) is 10.6 Å². The number of nitrogens with one attached hydrogen (secondary N) is 2. The van der Waals surface area contributed by atoms with E-state index in [4.69, 9.17) is 4.74 Å². The number of piperidine rings is 1. The Morgan fingerprint density at radius 3 is 2.54 bits per heavy atom. The van der Waals surface area contributed by atoms with E-state index in [1.807, 2.05) is 54.6 Å². The van der Waals surface area contributed by atoms with Crippen molar-refractivity contribution in [3.8, 4) is 5.75 Å². The van der Waals surface area contributed by atoms with Crippen molar-refractivity contribution >= 4 is 5.91 Å². The van der Waals surface area contributed by atoms with Gasteiger partial charge in [-0.25, -0.2) is 0 Å². The molecule has 0 aromatic heterocycles. The lowest BCUT2D eigenvalue weighted by Crippen LogP contribution is -2.31. The van der Waals surface area contributed by atoms with E-state index in [1.165, 1.54) is 12.8 Å². The summed E-state index contributed by atoms with van der Waals surface area (Å²) in [6, 6.07) is 17.8. The molecule has 1 aliphatic rings. The van der Waals surface area contributed by atoms with Crippen LogP contribution in [0.25, 0.3) is 0 Å². The van der Waals surface area contributed by atoms with Gasteiger partial charge in [-0.2, -0.15) is 0 Å². The molecule has 1 amide bonds. The maximum absolute atomic E-state index is 12.7. The molecule has 1 heterocycles. The van der Waals surface area contributed by atoms with Crippen LogP contribution in [0.15, 0.2) is 54.6 Å². The van der Waals surface area contributed by atoms with Gasteiger partial charge in [0.2, 0.25) is 5.91 Å². The average Bonchev–Trinajstić information content (AvgIpc) is 2.72. The minimum absolute atomic E-state index is 0.100. The third-order valence-electron chi connectivity index (χ3n) is 5.13. The van der Waals surface area contributed by atoms with Crippen LogP contribution >= 0.6 is 0 Å². The van der Waals surface area contributed by atoms with Gasteiger partial charge in [0, 0.05) is 12.0 Å². The van der Waals surface area contributed by atoms with E-state index >= 15 is 0 Å². The molecule has 0 bridgehead atoms. The van der Waals surface area contributed by atoms with E-state index < -0.39 is 0 Å². The second kappa shape index (κ2) is 9.39. The molecule has 0 spiro atoms. The van der Waals surface area contributed by atoms with E-state index in [0.29, 0.717) is 12.3 Å². The minimum atomic E-state index is -0.201. The van der Waals surface area contributed by atoms with Crippen molar-refractivity contribution in [3.05, 3.63) is 65.7 Å². The normalized spacial score (nSPS) is 16.0. The van der Waals surface area contributed by atoms with Crippen molar-refractivity contribution in [2.24, 2.45) is 5.92 Å². The smallest absolute Gasteiger partial charge is 0.220 e. The molecule has 0 radical (unpaired) electrons. The first-order chi connectivity index (χ1) is 12.8. The molecule has 26 heavy (non-hydrogen) atoms. The monoisotopic (exact) mass is 352 g/mol. The van der Waals surface area contributed by atoms with Crippen LogP contribution in [0.1, 0.15) is 42.9 Å². The van der Waals surface area contributed by atoms with Gasteiger partial charge in [0.15, 0.2) is 0 Å². The quantitative estimate of drug-likeness (QED) is 0.799. The first-order valence-corrected chi connectivity index (χ1v) is 9.46. The SMILES string of the molecule is COc1ccccc1C(NC(=O)CCC1CCNCC1)c1ccccc1. The van der Waals surface area contributed by atoms with Gasteiger partial charge in [-0.05, 0) is 49.9 Å². The molecule has 3 rings (SSSR count). The highest BCUT2D eigenvalue weighted by Crippen LogP contribution is 2.30. The third kappa shape index (κ3) is 4.85. The molecular weight excluding hydrogens is 324 g/mol. The van der Waals surface area contributed by atoms with Gasteiger partial charge in [0.25, 0.3) is 0 Å². The van der Waals surface area contributed by atoms with Crippen molar-refractivity contribution < 1.29 is 9.53 Å². The summed E-state index contributed by atoms with van der Waals surface area (Å²) < 4.78 is 5.53. The first kappa shape index (κ1) is 18.5. The van der Waals surface area contributed by atoms with Gasteiger partial charge in [0.1, 0.15) is 5.75 Å². The van der Waals surface area contributed by atoms with Gasteiger partial charge in [-0.1, -0.05) is 48.5 Å². The topological polar surface area (TPSA) is 50.4 Å². The fourth-order valence-electron chi connectivity index (χ4n) is 3.63. The van der Waals surface area contributed by atoms with Gasteiger partial charge < -0.3 is 15.4 Å². The van der Waals surface area contributed by atoms with Crippen molar-refractivity contribution in [2.45, 2.75) is 31.7 Å². The Labute approximate surface area is 156 Å². The van der Waals surface area contributed by atoms with Gasteiger partial charge in [0.05, 0.1) is 13.2 Å². The standard InChI is InChI=1S/C22H28N2O2/c1-26-20-10-6-5-9-19(20)22(18-7-3-2-4-8-18)24-21(25)12-11-17-13-15-23-16-14-17/h2-10,17,22-23H,11-16H2,1H3,(H,24,25). The Morgan fingerprint density at radius 2 is 1.81 bits per heavy atom. The zero-order valence-corrected chi connectivity index (χ0v) is 15.4. The fourth-order valence-corrected chi connectivity index (χ4v) is 3.63. The average molecular weight is 352 g/mol. The van der Waals surface area contributed by atoms with Crippen LogP contribution in [0.2, 0.25) is 0 Å². The van der Waals surface area contributed by atoms with Crippen LogP contribution in [0.5, 0.6) is 5.75 Å². The number of para-hydroxylation sites is 1. The third-order valence-corrected chi connectivity index (χ3v) is 5.13. The summed E-state index contributed by atoms with van der Waals surface area (Å²) in [5.41, 5.74) is 2.05. The molecule has 2 N–H and O–H groups in total. The molecule has 0 aliphatic carbocycles. The molecule has 1 saturated heterocycles. The molecule has 1 unspecified atom stereocenters. The van der Waals surface area contributed by atoms with Crippen molar-refractivity contribution in [1.29, 1.82) is 0 Å². The summed E-state index contributed by atoms with van der Waals surface area (Å²) in [5.74, 6) is 1.55. The zero-order valence-electron chi connectivity index (χ0n) is 15.4. The van der Waals surface area contributed by atoms with Crippen LogP contribution in [-0.4, -0.2) is 26.1 Å². The van der Waals surface area contributed by atoms with Crippen molar-refractivity contribution in [3.63, 3.8) is 0 Å². The van der Waals surface area contributed by atoms with Gasteiger partial charge in [-0.15, -0.1) is 0 Å². The highest BCUT2D eigenvalue weighted by atomic mass is 16.5. The molecule has 1 aliphatic heterocycles. The predicted octanol–water partition coefficient (Wildman–Crippen LogP) is 3.68. The van der Waals surface area contributed by atoms with Crippen molar-refractivity contribution in [2.75, 3.05) is 20.2 Å². The molecule has 4 nitrogen and oxygen atoms in total. The summed E-state index contributed by atoms with van der Waals surface area (Å²) in [6.07, 6.45) is 3.87. The molecule has 2 aromatic carbocycles. The number of hydrogen-bond donors (Lipinski definition) is 2. The molecule has 2 aromatic rings. The fraction of sp³-hybridized carbons (Fsp3) is 0.409. The lowest BCUT2D eigenvalue weighted by atomic mass is 9.92. The summed E-state index contributed by atoms with van der Waals surface area (Å²) >= 11 is 0. The number of rotatable bonds is 7. The van der Waals surface area contributed by atoms with Crippen molar-refractivity contribution in [1.82, 2.24) is 10.6 Å². The molecular formula is C22H28N2O2. The minimum Gasteiger partial charge on any atom is -0.496 e. The highest BCUT2D eigenvalue weighted by Gasteiger charge is 2.21. The summed E-state index contributed by atoms with van der Waals surface area (Å²) in [5, 5.41) is 6.61. The van der Waals surface area contributed by atoms with E-state index in [0.717, 1.165) is 36.4 Å². The Kier molecular flexibility index (Phi) is 6.67. The van der Waals surface area contributed by atoms with Crippen LogP contribution in [0.3, 0.4) is 0 Å². The molecule has 1 fully saturated rings.